The Morgan fingerprint density at radius 3 is 2.76 bits per heavy atom. The smallest absolute Gasteiger partial charge is 0.141 e. The molecule has 21 heavy (non-hydrogen) atoms. The Labute approximate surface area is 124 Å². The van der Waals surface area contributed by atoms with Gasteiger partial charge in [0, 0.05) is 24.9 Å². The van der Waals surface area contributed by atoms with Crippen molar-refractivity contribution in [1.82, 2.24) is 9.55 Å². The Kier molecular flexibility index (Phi) is 3.62. The predicted molar refractivity (Wildman–Crippen MR) is 86.2 cm³/mol. The first-order valence-corrected chi connectivity index (χ1v) is 7.01. The average molecular weight is 281 g/mol. The van der Waals surface area contributed by atoms with E-state index in [1.807, 2.05) is 37.3 Å². The van der Waals surface area contributed by atoms with Gasteiger partial charge in [0.2, 0.25) is 0 Å². The highest BCUT2D eigenvalue weighted by Gasteiger charge is 2.12. The summed E-state index contributed by atoms with van der Waals surface area (Å²) in [4.78, 5) is 4.77. The third-order valence-electron chi connectivity index (χ3n) is 3.70. The quantitative estimate of drug-likeness (QED) is 0.747. The number of nitrogen functional groups attached to an aromatic ring is 1. The molecule has 0 amide bonds. The minimum Gasteiger partial charge on any atom is -0.399 e. The molecule has 3 rings (SSSR count). The molecule has 1 aromatic heterocycles. The molecule has 0 radical (unpaired) electrons. The van der Waals surface area contributed by atoms with Crippen LogP contribution in [0.3, 0.4) is 0 Å². The van der Waals surface area contributed by atoms with E-state index in [0.717, 1.165) is 40.2 Å². The lowest BCUT2D eigenvalue weighted by Gasteiger charge is -2.10. The van der Waals surface area contributed by atoms with Crippen molar-refractivity contribution in [3.63, 3.8) is 0 Å². The second-order valence-corrected chi connectivity index (χ2v) is 5.14. The van der Waals surface area contributed by atoms with Crippen molar-refractivity contribution >= 4 is 16.7 Å². The number of imidazole rings is 1. The maximum absolute atomic E-state index is 5.91. The van der Waals surface area contributed by atoms with Crippen LogP contribution in [0.2, 0.25) is 0 Å². The zero-order valence-corrected chi connectivity index (χ0v) is 12.3. The monoisotopic (exact) mass is 281 g/mol. The Bertz CT molecular complexity index is 777. The number of para-hydroxylation sites is 2. The number of aromatic nitrogens is 2. The summed E-state index contributed by atoms with van der Waals surface area (Å²) in [6.45, 7) is 3.44. The van der Waals surface area contributed by atoms with E-state index in [2.05, 4.69) is 16.7 Å². The van der Waals surface area contributed by atoms with Crippen LogP contribution in [-0.4, -0.2) is 23.3 Å². The summed E-state index contributed by atoms with van der Waals surface area (Å²) in [6.07, 6.45) is 0. The predicted octanol–water partition coefficient (Wildman–Crippen LogP) is 3.24. The minimum atomic E-state index is 0.654. The van der Waals surface area contributed by atoms with Crippen LogP contribution in [0.15, 0.2) is 42.5 Å². The first kappa shape index (κ1) is 13.6. The topological polar surface area (TPSA) is 53.1 Å². The van der Waals surface area contributed by atoms with Crippen LogP contribution < -0.4 is 5.73 Å². The summed E-state index contributed by atoms with van der Waals surface area (Å²) in [5.74, 6) is 0.955. The van der Waals surface area contributed by atoms with Crippen LogP contribution in [0.25, 0.3) is 22.4 Å². The van der Waals surface area contributed by atoms with Crippen LogP contribution >= 0.6 is 0 Å². The van der Waals surface area contributed by atoms with Crippen molar-refractivity contribution in [2.24, 2.45) is 0 Å². The van der Waals surface area contributed by atoms with Gasteiger partial charge in [-0.15, -0.1) is 0 Å². The highest BCUT2D eigenvalue weighted by Crippen LogP contribution is 2.27. The van der Waals surface area contributed by atoms with E-state index >= 15 is 0 Å². The lowest BCUT2D eigenvalue weighted by atomic mass is 10.1. The van der Waals surface area contributed by atoms with E-state index in [9.17, 15) is 0 Å². The molecule has 108 valence electrons. The lowest BCUT2D eigenvalue weighted by molar-refractivity contribution is 0.188. The molecular formula is C17H19N3O. The molecule has 0 bridgehead atoms. The van der Waals surface area contributed by atoms with Gasteiger partial charge >= 0.3 is 0 Å². The van der Waals surface area contributed by atoms with Crippen LogP contribution in [0.1, 0.15) is 5.56 Å². The molecule has 2 aromatic carbocycles. The zero-order valence-electron chi connectivity index (χ0n) is 12.3. The summed E-state index contributed by atoms with van der Waals surface area (Å²) >= 11 is 0. The molecule has 0 aliphatic heterocycles. The number of benzene rings is 2. The van der Waals surface area contributed by atoms with Crippen molar-refractivity contribution in [2.75, 3.05) is 19.5 Å². The molecular weight excluding hydrogens is 262 g/mol. The Morgan fingerprint density at radius 2 is 2.00 bits per heavy atom. The minimum absolute atomic E-state index is 0.654. The second kappa shape index (κ2) is 5.58. The highest BCUT2D eigenvalue weighted by atomic mass is 16.5. The number of anilines is 1. The fraction of sp³-hybridized carbons (Fsp3) is 0.235. The summed E-state index contributed by atoms with van der Waals surface area (Å²) in [5, 5.41) is 0. The number of rotatable bonds is 4. The first-order chi connectivity index (χ1) is 10.2. The molecule has 0 atom stereocenters. The van der Waals surface area contributed by atoms with Gasteiger partial charge in [0.15, 0.2) is 0 Å². The Hall–Kier alpha value is -2.33. The van der Waals surface area contributed by atoms with E-state index in [-0.39, 0.29) is 0 Å². The number of ether oxygens (including phenoxy) is 1. The number of nitrogens with two attached hydrogens (primary N) is 1. The summed E-state index contributed by atoms with van der Waals surface area (Å²) in [7, 11) is 1.71. The molecule has 0 saturated heterocycles. The molecule has 0 saturated carbocycles. The largest absolute Gasteiger partial charge is 0.399 e. The average Bonchev–Trinajstić information content (AvgIpc) is 2.86. The number of hydrogen-bond donors (Lipinski definition) is 1. The van der Waals surface area contributed by atoms with E-state index in [1.54, 1.807) is 7.11 Å². The molecule has 0 spiro atoms. The highest BCUT2D eigenvalue weighted by molar-refractivity contribution is 5.81. The van der Waals surface area contributed by atoms with Crippen LogP contribution in [0, 0.1) is 6.92 Å². The van der Waals surface area contributed by atoms with Crippen LogP contribution in [0.5, 0.6) is 0 Å². The number of methoxy groups -OCH3 is 1. The number of nitrogens with zero attached hydrogens (tertiary/aromatic N) is 2. The molecule has 0 unspecified atom stereocenters. The van der Waals surface area contributed by atoms with Gasteiger partial charge in [-0.1, -0.05) is 12.1 Å². The van der Waals surface area contributed by atoms with E-state index in [4.69, 9.17) is 15.5 Å². The molecule has 0 aliphatic rings. The third kappa shape index (κ3) is 2.50. The van der Waals surface area contributed by atoms with Crippen LogP contribution in [-0.2, 0) is 11.3 Å². The standard InChI is InChI=1S/C17H19N3O/c1-12-11-13(7-8-14(12)18)17-19-15-5-3-4-6-16(15)20(17)9-10-21-2/h3-8,11H,9-10,18H2,1-2H3. The summed E-state index contributed by atoms with van der Waals surface area (Å²) in [5.41, 5.74) is 11.0. The molecule has 0 fully saturated rings. The number of fused-ring (bicyclic) bond motifs is 1. The molecule has 4 heteroatoms. The maximum Gasteiger partial charge on any atom is 0.141 e. The fourth-order valence-electron chi connectivity index (χ4n) is 2.52. The van der Waals surface area contributed by atoms with Gasteiger partial charge in [-0.25, -0.2) is 4.98 Å². The fourth-order valence-corrected chi connectivity index (χ4v) is 2.52. The van der Waals surface area contributed by atoms with Gasteiger partial charge in [0.05, 0.1) is 17.6 Å². The van der Waals surface area contributed by atoms with Crippen LogP contribution in [0.4, 0.5) is 5.69 Å². The molecule has 3 aromatic rings. The van der Waals surface area contributed by atoms with Gasteiger partial charge in [0.25, 0.3) is 0 Å². The van der Waals surface area contributed by atoms with E-state index < -0.39 is 0 Å². The molecule has 0 aliphatic carbocycles. The normalized spacial score (nSPS) is 11.1. The second-order valence-electron chi connectivity index (χ2n) is 5.14. The number of hydrogen-bond acceptors (Lipinski definition) is 3. The number of aryl methyl sites for hydroxylation is 1. The van der Waals surface area contributed by atoms with Crippen molar-refractivity contribution < 1.29 is 4.74 Å². The molecule has 2 N–H and O–H groups in total. The van der Waals surface area contributed by atoms with Gasteiger partial charge in [-0.3, -0.25) is 0 Å². The van der Waals surface area contributed by atoms with Crippen molar-refractivity contribution in [3.8, 4) is 11.4 Å². The van der Waals surface area contributed by atoms with Gasteiger partial charge < -0.3 is 15.0 Å². The Balaban J connectivity index is 2.17. The zero-order chi connectivity index (χ0) is 14.8. The third-order valence-corrected chi connectivity index (χ3v) is 3.70. The van der Waals surface area contributed by atoms with E-state index in [1.165, 1.54) is 0 Å². The lowest BCUT2D eigenvalue weighted by Crippen LogP contribution is -2.06. The summed E-state index contributed by atoms with van der Waals surface area (Å²) < 4.78 is 7.43. The molecule has 1 heterocycles. The van der Waals surface area contributed by atoms with Crippen molar-refractivity contribution in [3.05, 3.63) is 48.0 Å². The van der Waals surface area contributed by atoms with Crippen molar-refractivity contribution in [2.45, 2.75) is 13.5 Å². The van der Waals surface area contributed by atoms with Gasteiger partial charge in [-0.2, -0.15) is 0 Å². The Morgan fingerprint density at radius 1 is 1.19 bits per heavy atom. The maximum atomic E-state index is 5.91. The summed E-state index contributed by atoms with van der Waals surface area (Å²) in [6, 6.07) is 14.2. The molecule has 4 nitrogen and oxygen atoms in total. The van der Waals surface area contributed by atoms with Gasteiger partial charge in [-0.05, 0) is 42.8 Å². The SMILES string of the molecule is COCCn1c(-c2ccc(N)c(C)c2)nc2ccccc21. The van der Waals surface area contributed by atoms with Crippen molar-refractivity contribution in [1.29, 1.82) is 0 Å². The van der Waals surface area contributed by atoms with Gasteiger partial charge in [0.1, 0.15) is 5.82 Å². The van der Waals surface area contributed by atoms with E-state index in [0.29, 0.717) is 6.61 Å². The first-order valence-electron chi connectivity index (χ1n) is 7.01.